The molecule has 1 aliphatic rings. The fourth-order valence-electron chi connectivity index (χ4n) is 2.68. The van der Waals surface area contributed by atoms with Crippen LogP contribution in [0.1, 0.15) is 51.1 Å². The Balaban J connectivity index is 2.47. The summed E-state index contributed by atoms with van der Waals surface area (Å²) in [6.07, 6.45) is -4.77. The molecule has 1 fully saturated rings. The number of rotatable bonds is 4. The Morgan fingerprint density at radius 1 is 1.19 bits per heavy atom. The van der Waals surface area contributed by atoms with Gasteiger partial charge in [-0.15, -0.1) is 0 Å². The van der Waals surface area contributed by atoms with Crippen molar-refractivity contribution in [3.63, 3.8) is 0 Å². The molecule has 1 aliphatic heterocycles. The Hall–Kier alpha value is -1.25. The summed E-state index contributed by atoms with van der Waals surface area (Å²) in [6, 6.07) is 3.18. The number of hydrogen-bond acceptors (Lipinski definition) is 4. The third-order valence-corrected chi connectivity index (χ3v) is 5.11. The number of carbonyl (C=O) groups excluding carboxylic acids is 1. The lowest BCUT2D eigenvalue weighted by Crippen LogP contribution is -2.41. The Kier molecular flexibility index (Phi) is 5.71. The van der Waals surface area contributed by atoms with Crippen molar-refractivity contribution in [1.29, 1.82) is 0 Å². The van der Waals surface area contributed by atoms with E-state index in [0.29, 0.717) is 0 Å². The van der Waals surface area contributed by atoms with E-state index >= 15 is 0 Å². The van der Waals surface area contributed by atoms with Gasteiger partial charge < -0.3 is 14.0 Å². The van der Waals surface area contributed by atoms with Gasteiger partial charge in [-0.25, -0.2) is 0 Å². The molecule has 4 nitrogen and oxygen atoms in total. The normalized spacial score (nSPS) is 20.1. The fraction of sp³-hybridized carbons (Fsp3) is 0.588. The summed E-state index contributed by atoms with van der Waals surface area (Å²) in [5.74, 6) is -1.39. The first-order valence-corrected chi connectivity index (χ1v) is 8.45. The van der Waals surface area contributed by atoms with Gasteiger partial charge in [-0.1, -0.05) is 11.6 Å². The highest BCUT2D eigenvalue weighted by atomic mass is 35.5. The second kappa shape index (κ2) is 7.05. The van der Waals surface area contributed by atoms with Crippen LogP contribution in [0.4, 0.5) is 13.2 Å². The molecular formula is C17H21BClF3O4. The molecule has 26 heavy (non-hydrogen) atoms. The number of methoxy groups -OCH3 is 1. The Labute approximate surface area is 156 Å². The molecule has 0 aromatic heterocycles. The number of ether oxygens (including phenoxy) is 1. The topological polar surface area (TPSA) is 44.8 Å². The maximum atomic E-state index is 13.2. The number of esters is 1. The lowest BCUT2D eigenvalue weighted by Gasteiger charge is -2.32. The standard InChI is InChI=1S/C17H21BClF3O4/c1-15(2)16(3,4)26-18(25-15)13(9-14(23)24-5)10-6-11(17(20,21)22)8-12(19)7-10/h6-8,13H,9H2,1-5H3. The number of halogens is 4. The number of benzene rings is 1. The van der Waals surface area contributed by atoms with Gasteiger partial charge in [0.05, 0.1) is 30.3 Å². The van der Waals surface area contributed by atoms with Crippen LogP contribution in [-0.2, 0) is 25.0 Å². The molecule has 0 bridgehead atoms. The van der Waals surface area contributed by atoms with E-state index in [2.05, 4.69) is 4.74 Å². The molecule has 0 radical (unpaired) electrons. The van der Waals surface area contributed by atoms with Crippen molar-refractivity contribution in [1.82, 2.24) is 0 Å². The summed E-state index contributed by atoms with van der Waals surface area (Å²) in [6.45, 7) is 7.28. The molecule has 9 heteroatoms. The number of hydrogen-bond donors (Lipinski definition) is 0. The average molecular weight is 393 g/mol. The maximum absolute atomic E-state index is 13.2. The van der Waals surface area contributed by atoms with Gasteiger partial charge in [0.25, 0.3) is 0 Å². The van der Waals surface area contributed by atoms with Crippen LogP contribution in [0.3, 0.4) is 0 Å². The molecule has 1 atom stereocenters. The minimum Gasteiger partial charge on any atom is -0.469 e. The van der Waals surface area contributed by atoms with Crippen LogP contribution in [0.15, 0.2) is 18.2 Å². The Morgan fingerprint density at radius 3 is 2.19 bits per heavy atom. The third-order valence-electron chi connectivity index (χ3n) is 4.89. The summed E-state index contributed by atoms with van der Waals surface area (Å²) in [5.41, 5.74) is -2.09. The van der Waals surface area contributed by atoms with Gasteiger partial charge in [-0.3, -0.25) is 4.79 Å². The molecule has 0 N–H and O–H groups in total. The summed E-state index contributed by atoms with van der Waals surface area (Å²) in [5, 5.41) is -0.0822. The zero-order valence-electron chi connectivity index (χ0n) is 15.2. The lowest BCUT2D eigenvalue weighted by atomic mass is 9.66. The molecule has 1 heterocycles. The average Bonchev–Trinajstić information content (AvgIpc) is 2.70. The number of carbonyl (C=O) groups is 1. The summed E-state index contributed by atoms with van der Waals surface area (Å²) < 4.78 is 56.0. The minimum absolute atomic E-state index is 0.0822. The maximum Gasteiger partial charge on any atom is 0.466 e. The zero-order valence-corrected chi connectivity index (χ0v) is 16.0. The van der Waals surface area contributed by atoms with Gasteiger partial charge >= 0.3 is 19.3 Å². The van der Waals surface area contributed by atoms with Crippen molar-refractivity contribution >= 4 is 24.7 Å². The van der Waals surface area contributed by atoms with Crippen LogP contribution >= 0.6 is 11.6 Å². The Bertz CT molecular complexity index is 675. The van der Waals surface area contributed by atoms with E-state index < -0.39 is 41.8 Å². The fourth-order valence-corrected chi connectivity index (χ4v) is 2.92. The highest BCUT2D eigenvalue weighted by Gasteiger charge is 2.54. The molecule has 0 aliphatic carbocycles. The van der Waals surface area contributed by atoms with Crippen molar-refractivity contribution in [2.45, 2.75) is 57.3 Å². The lowest BCUT2D eigenvalue weighted by molar-refractivity contribution is -0.140. The first kappa shape index (κ1) is 21.1. The van der Waals surface area contributed by atoms with Crippen molar-refractivity contribution in [2.75, 3.05) is 7.11 Å². The van der Waals surface area contributed by atoms with Crippen LogP contribution in [-0.4, -0.2) is 31.4 Å². The van der Waals surface area contributed by atoms with Crippen LogP contribution in [0.5, 0.6) is 0 Å². The van der Waals surface area contributed by atoms with Gasteiger partial charge in [-0.05, 0) is 51.5 Å². The van der Waals surface area contributed by atoms with E-state index in [1.165, 1.54) is 13.2 Å². The van der Waals surface area contributed by atoms with Gasteiger partial charge in [-0.2, -0.15) is 13.2 Å². The minimum atomic E-state index is -4.56. The van der Waals surface area contributed by atoms with Crippen LogP contribution in [0.2, 0.25) is 5.02 Å². The van der Waals surface area contributed by atoms with Crippen LogP contribution in [0, 0.1) is 0 Å². The SMILES string of the molecule is COC(=O)CC(B1OC(C)(C)C(C)(C)O1)c1cc(Cl)cc(C(F)(F)F)c1. The zero-order chi connectivity index (χ0) is 19.9. The van der Waals surface area contributed by atoms with Gasteiger partial charge in [0, 0.05) is 10.8 Å². The predicted octanol–water partition coefficient (Wildman–Crippen LogP) is 4.64. The molecule has 0 spiro atoms. The Morgan fingerprint density at radius 2 is 1.73 bits per heavy atom. The quantitative estimate of drug-likeness (QED) is 0.553. The van der Waals surface area contributed by atoms with Crippen molar-refractivity contribution in [2.24, 2.45) is 0 Å². The molecule has 1 saturated heterocycles. The van der Waals surface area contributed by atoms with Crippen molar-refractivity contribution < 1.29 is 32.0 Å². The molecular weight excluding hydrogens is 371 g/mol. The van der Waals surface area contributed by atoms with E-state index in [-0.39, 0.29) is 17.0 Å². The molecule has 0 amide bonds. The summed E-state index contributed by atoms with van der Waals surface area (Å²) in [7, 11) is 0.293. The predicted molar refractivity (Wildman–Crippen MR) is 91.9 cm³/mol. The molecule has 0 saturated carbocycles. The highest BCUT2D eigenvalue weighted by molar-refractivity contribution is 6.48. The van der Waals surface area contributed by atoms with E-state index in [9.17, 15) is 18.0 Å². The van der Waals surface area contributed by atoms with E-state index in [0.717, 1.165) is 12.1 Å². The van der Waals surface area contributed by atoms with E-state index in [4.69, 9.17) is 20.9 Å². The van der Waals surface area contributed by atoms with Gasteiger partial charge in [0.2, 0.25) is 0 Å². The molecule has 144 valence electrons. The summed E-state index contributed by atoms with van der Waals surface area (Å²) in [4.78, 5) is 11.9. The van der Waals surface area contributed by atoms with Crippen LogP contribution < -0.4 is 0 Å². The second-order valence-corrected chi connectivity index (χ2v) is 7.72. The van der Waals surface area contributed by atoms with E-state index in [1.807, 2.05) is 27.7 Å². The third kappa shape index (κ3) is 4.35. The molecule has 1 unspecified atom stereocenters. The van der Waals surface area contributed by atoms with Crippen LogP contribution in [0.25, 0.3) is 0 Å². The smallest absolute Gasteiger partial charge is 0.466 e. The summed E-state index contributed by atoms with van der Waals surface area (Å²) >= 11 is 5.89. The van der Waals surface area contributed by atoms with Gasteiger partial charge in [0.1, 0.15) is 0 Å². The first-order valence-electron chi connectivity index (χ1n) is 8.07. The first-order chi connectivity index (χ1) is 11.8. The monoisotopic (exact) mass is 392 g/mol. The molecule has 2 rings (SSSR count). The van der Waals surface area contributed by atoms with Crippen molar-refractivity contribution in [3.8, 4) is 0 Å². The molecule has 1 aromatic rings. The van der Waals surface area contributed by atoms with Gasteiger partial charge in [0.15, 0.2) is 0 Å². The van der Waals surface area contributed by atoms with Crippen molar-refractivity contribution in [3.05, 3.63) is 34.3 Å². The number of alkyl halides is 3. The highest BCUT2D eigenvalue weighted by Crippen LogP contribution is 2.43. The largest absolute Gasteiger partial charge is 0.469 e. The second-order valence-electron chi connectivity index (χ2n) is 7.28. The van der Waals surface area contributed by atoms with E-state index in [1.54, 1.807) is 0 Å². The molecule has 1 aromatic carbocycles.